The number of rotatable bonds is 6. The lowest BCUT2D eigenvalue weighted by molar-refractivity contribution is 0.0532. The first kappa shape index (κ1) is 18.3. The number of esters is 1. The van der Waals surface area contributed by atoms with Crippen LogP contribution in [0, 0.1) is 5.92 Å². The number of piperidine rings is 1. The highest BCUT2D eigenvalue weighted by Gasteiger charge is 2.20. The van der Waals surface area contributed by atoms with Gasteiger partial charge in [-0.1, -0.05) is 0 Å². The minimum atomic E-state index is -3.56. The maximum absolute atomic E-state index is 12.5. The van der Waals surface area contributed by atoms with E-state index < -0.39 is 10.0 Å². The third-order valence-corrected chi connectivity index (χ3v) is 6.75. The van der Waals surface area contributed by atoms with Gasteiger partial charge in [0, 0.05) is 11.2 Å². The fourth-order valence-electron chi connectivity index (χ4n) is 2.90. The van der Waals surface area contributed by atoms with Crippen molar-refractivity contribution in [1.82, 2.24) is 10.0 Å². The number of hydrogen-bond donors (Lipinski definition) is 2. The van der Waals surface area contributed by atoms with Crippen molar-refractivity contribution in [3.8, 4) is 0 Å². The molecule has 2 N–H and O–H groups in total. The molecular weight excluding hydrogens is 360 g/mol. The van der Waals surface area contributed by atoms with E-state index >= 15 is 0 Å². The van der Waals surface area contributed by atoms with Crippen molar-refractivity contribution < 1.29 is 17.9 Å². The number of ether oxygens (including phenoxy) is 1. The molecule has 2 heterocycles. The van der Waals surface area contributed by atoms with Crippen LogP contribution in [0.3, 0.4) is 0 Å². The molecule has 0 bridgehead atoms. The molecule has 1 aliphatic heterocycles. The molecule has 136 valence electrons. The molecule has 1 saturated heterocycles. The summed E-state index contributed by atoms with van der Waals surface area (Å²) in [7, 11) is -3.56. The Labute approximate surface area is 151 Å². The molecule has 0 spiro atoms. The van der Waals surface area contributed by atoms with Crippen LogP contribution >= 0.6 is 11.3 Å². The van der Waals surface area contributed by atoms with Crippen LogP contribution in [-0.4, -0.2) is 40.6 Å². The van der Waals surface area contributed by atoms with Crippen molar-refractivity contribution in [2.75, 3.05) is 26.2 Å². The van der Waals surface area contributed by atoms with Crippen LogP contribution in [0.4, 0.5) is 0 Å². The zero-order valence-corrected chi connectivity index (χ0v) is 15.7. The summed E-state index contributed by atoms with van der Waals surface area (Å²) in [6.45, 7) is 4.34. The molecule has 25 heavy (non-hydrogen) atoms. The molecule has 2 aromatic rings. The number of sulfonamides is 1. The summed E-state index contributed by atoms with van der Waals surface area (Å²) in [5.41, 5.74) is 0. The third-order valence-electron chi connectivity index (χ3n) is 4.24. The molecular formula is C17H22N2O4S2. The molecule has 1 aromatic heterocycles. The molecule has 3 rings (SSSR count). The van der Waals surface area contributed by atoms with Gasteiger partial charge in [0.15, 0.2) is 0 Å². The second-order valence-corrected chi connectivity index (χ2v) is 8.95. The second kappa shape index (κ2) is 7.82. The third kappa shape index (κ3) is 4.38. The summed E-state index contributed by atoms with van der Waals surface area (Å²) >= 11 is 1.30. The number of fused-ring (bicyclic) bond motifs is 1. The maximum Gasteiger partial charge on any atom is 0.348 e. The van der Waals surface area contributed by atoms with Crippen LogP contribution in [0.25, 0.3) is 10.1 Å². The first-order valence-electron chi connectivity index (χ1n) is 8.40. The predicted octanol–water partition coefficient (Wildman–Crippen LogP) is 2.36. The summed E-state index contributed by atoms with van der Waals surface area (Å²) in [6.07, 6.45) is 2.10. The molecule has 6 nitrogen and oxygen atoms in total. The highest BCUT2D eigenvalue weighted by atomic mass is 32.2. The largest absolute Gasteiger partial charge is 0.462 e. The molecule has 0 radical (unpaired) electrons. The van der Waals surface area contributed by atoms with Crippen LogP contribution in [0.1, 0.15) is 29.4 Å². The van der Waals surface area contributed by atoms with Crippen molar-refractivity contribution in [2.45, 2.75) is 24.7 Å². The summed E-state index contributed by atoms with van der Waals surface area (Å²) in [6, 6.07) is 6.60. The van der Waals surface area contributed by atoms with Gasteiger partial charge >= 0.3 is 5.97 Å². The average Bonchev–Trinajstić information content (AvgIpc) is 3.05. The topological polar surface area (TPSA) is 84.5 Å². The van der Waals surface area contributed by atoms with E-state index in [1.165, 1.54) is 11.3 Å². The molecule has 0 aliphatic carbocycles. The highest BCUT2D eigenvalue weighted by Crippen LogP contribution is 2.28. The molecule has 8 heteroatoms. The monoisotopic (exact) mass is 382 g/mol. The van der Waals surface area contributed by atoms with Crippen molar-refractivity contribution >= 4 is 37.4 Å². The predicted molar refractivity (Wildman–Crippen MR) is 98.6 cm³/mol. The molecule has 1 atom stereocenters. The Balaban J connectivity index is 1.76. The normalized spacial score (nSPS) is 18.4. The molecule has 0 saturated carbocycles. The summed E-state index contributed by atoms with van der Waals surface area (Å²) in [5, 5.41) is 4.01. The number of carbonyl (C=O) groups is 1. The number of benzene rings is 1. The van der Waals surface area contributed by atoms with E-state index in [0.29, 0.717) is 23.9 Å². The van der Waals surface area contributed by atoms with E-state index in [9.17, 15) is 13.2 Å². The smallest absolute Gasteiger partial charge is 0.348 e. The van der Waals surface area contributed by atoms with Gasteiger partial charge in [-0.3, -0.25) is 0 Å². The van der Waals surface area contributed by atoms with Gasteiger partial charge in [-0.2, -0.15) is 0 Å². The van der Waals surface area contributed by atoms with Gasteiger partial charge in [0.1, 0.15) is 4.88 Å². The summed E-state index contributed by atoms with van der Waals surface area (Å²) < 4.78 is 33.6. The summed E-state index contributed by atoms with van der Waals surface area (Å²) in [5.74, 6) is -0.0557. The first-order chi connectivity index (χ1) is 12.0. The molecule has 1 aliphatic rings. The Morgan fingerprint density at radius 2 is 2.24 bits per heavy atom. The van der Waals surface area contributed by atoms with Gasteiger partial charge in [-0.15, -0.1) is 11.3 Å². The maximum atomic E-state index is 12.5. The summed E-state index contributed by atoms with van der Waals surface area (Å²) in [4.78, 5) is 12.5. The van der Waals surface area contributed by atoms with E-state index in [2.05, 4.69) is 10.0 Å². The van der Waals surface area contributed by atoms with Crippen molar-refractivity contribution in [3.63, 3.8) is 0 Å². The lowest BCUT2D eigenvalue weighted by Gasteiger charge is -2.22. The van der Waals surface area contributed by atoms with E-state index in [1.807, 2.05) is 0 Å². The lowest BCUT2D eigenvalue weighted by atomic mass is 10.0. The van der Waals surface area contributed by atoms with Gasteiger partial charge in [0.25, 0.3) is 0 Å². The molecule has 1 unspecified atom stereocenters. The Bertz CT molecular complexity index is 855. The van der Waals surface area contributed by atoms with Gasteiger partial charge in [0.2, 0.25) is 10.0 Å². The Morgan fingerprint density at radius 1 is 1.40 bits per heavy atom. The molecule has 1 fully saturated rings. The van der Waals surface area contributed by atoms with Crippen LogP contribution in [0.15, 0.2) is 29.2 Å². The van der Waals surface area contributed by atoms with E-state index in [-0.39, 0.29) is 10.9 Å². The first-order valence-corrected chi connectivity index (χ1v) is 10.7. The fraction of sp³-hybridized carbons (Fsp3) is 0.471. The zero-order chi connectivity index (χ0) is 17.9. The number of hydrogen-bond acceptors (Lipinski definition) is 6. The van der Waals surface area contributed by atoms with E-state index in [4.69, 9.17) is 4.74 Å². The van der Waals surface area contributed by atoms with Gasteiger partial charge in [-0.05, 0) is 68.4 Å². The van der Waals surface area contributed by atoms with Gasteiger partial charge < -0.3 is 10.1 Å². The number of nitrogens with one attached hydrogen (secondary N) is 2. The van der Waals surface area contributed by atoms with Gasteiger partial charge in [-0.25, -0.2) is 17.9 Å². The minimum Gasteiger partial charge on any atom is -0.462 e. The standard InChI is InChI=1S/C17H22N2O4S2/c1-2-23-17(20)16-9-13-8-14(5-6-15(13)24-16)25(21,22)19-11-12-4-3-7-18-10-12/h5-6,8-9,12,18-19H,2-4,7,10-11H2,1H3. The minimum absolute atomic E-state index is 0.219. The quantitative estimate of drug-likeness (QED) is 0.749. The fourth-order valence-corrected chi connectivity index (χ4v) is 4.99. The Morgan fingerprint density at radius 3 is 2.96 bits per heavy atom. The van der Waals surface area contributed by atoms with Crippen molar-refractivity contribution in [1.29, 1.82) is 0 Å². The SMILES string of the molecule is CCOC(=O)c1cc2cc(S(=O)(=O)NCC3CCCNC3)ccc2s1. The molecule has 1 aromatic carbocycles. The Hall–Kier alpha value is -1.48. The second-order valence-electron chi connectivity index (χ2n) is 6.10. The van der Waals surface area contributed by atoms with Crippen molar-refractivity contribution in [2.24, 2.45) is 5.92 Å². The number of thiophene rings is 1. The Kier molecular flexibility index (Phi) is 5.73. The van der Waals surface area contributed by atoms with E-state index in [1.54, 1.807) is 31.2 Å². The molecule has 0 amide bonds. The van der Waals surface area contributed by atoms with Crippen LogP contribution in [0.5, 0.6) is 0 Å². The van der Waals surface area contributed by atoms with Crippen LogP contribution in [-0.2, 0) is 14.8 Å². The van der Waals surface area contributed by atoms with Crippen LogP contribution < -0.4 is 10.0 Å². The van der Waals surface area contributed by atoms with Crippen molar-refractivity contribution in [3.05, 3.63) is 29.1 Å². The number of carbonyl (C=O) groups excluding carboxylic acids is 1. The van der Waals surface area contributed by atoms with Gasteiger partial charge in [0.05, 0.1) is 11.5 Å². The van der Waals surface area contributed by atoms with Crippen LogP contribution in [0.2, 0.25) is 0 Å². The van der Waals surface area contributed by atoms with E-state index in [0.717, 1.165) is 36.0 Å². The average molecular weight is 383 g/mol. The zero-order valence-electron chi connectivity index (χ0n) is 14.1. The highest BCUT2D eigenvalue weighted by molar-refractivity contribution is 7.89. The lowest BCUT2D eigenvalue weighted by Crippen LogP contribution is -2.38.